The van der Waals surface area contributed by atoms with Gasteiger partial charge >= 0.3 is 0 Å². The van der Waals surface area contributed by atoms with Crippen LogP contribution in [0.3, 0.4) is 0 Å². The van der Waals surface area contributed by atoms with Crippen LogP contribution in [-0.4, -0.2) is 38.5 Å². The predicted octanol–water partition coefficient (Wildman–Crippen LogP) is 2.84. The summed E-state index contributed by atoms with van der Waals surface area (Å²) in [6.45, 7) is 13.2. The summed E-state index contributed by atoms with van der Waals surface area (Å²) >= 11 is 2.58. The molecule has 3 heteroatoms. The van der Waals surface area contributed by atoms with E-state index in [1.807, 2.05) is 0 Å². The highest BCUT2D eigenvalue weighted by Crippen LogP contribution is 2.39. The van der Waals surface area contributed by atoms with Crippen molar-refractivity contribution in [1.29, 1.82) is 0 Å². The molecule has 2 aliphatic rings. The van der Waals surface area contributed by atoms with Gasteiger partial charge in [0.1, 0.15) is 0 Å². The lowest BCUT2D eigenvalue weighted by molar-refractivity contribution is 0.0536. The summed E-state index contributed by atoms with van der Waals surface area (Å²) < 4.78 is 0.296. The van der Waals surface area contributed by atoms with Crippen molar-refractivity contribution < 1.29 is 0 Å². The number of likely N-dealkylation sites (tertiary alicyclic amines) is 1. The quantitative estimate of drug-likeness (QED) is 0.439. The minimum absolute atomic E-state index is 0.296. The van der Waals surface area contributed by atoms with Crippen LogP contribution < -0.4 is 0 Å². The van der Waals surface area contributed by atoms with Gasteiger partial charge in [0.15, 0.2) is 0 Å². The maximum absolute atomic E-state index is 4.07. The number of fused-ring (bicyclic) bond motifs is 2. The molecule has 2 rings (SSSR count). The van der Waals surface area contributed by atoms with Gasteiger partial charge in [-0.25, -0.2) is 0 Å². The van der Waals surface area contributed by atoms with Crippen LogP contribution in [0.4, 0.5) is 0 Å². The second-order valence-electron chi connectivity index (χ2n) is 5.34. The first kappa shape index (κ1) is 11.7. The Kier molecular flexibility index (Phi) is 3.05. The van der Waals surface area contributed by atoms with Crippen LogP contribution in [0, 0.1) is 0 Å². The third-order valence-electron chi connectivity index (χ3n) is 3.64. The Bertz CT molecular complexity index is 255. The maximum atomic E-state index is 4.07. The van der Waals surface area contributed by atoms with Crippen molar-refractivity contribution in [1.82, 2.24) is 9.80 Å². The summed E-state index contributed by atoms with van der Waals surface area (Å²) in [6.07, 6.45) is 2.72. The van der Waals surface area contributed by atoms with E-state index in [-0.39, 0.29) is 0 Å². The molecule has 2 fully saturated rings. The lowest BCUT2D eigenvalue weighted by Crippen LogP contribution is -2.58. The number of piperazine rings is 1. The normalized spacial score (nSPS) is 32.1. The largest absolute Gasteiger partial charge is 0.372 e. The van der Waals surface area contributed by atoms with Crippen LogP contribution in [-0.2, 0) is 0 Å². The maximum Gasteiger partial charge on any atom is 0.0679 e. The predicted molar refractivity (Wildman–Crippen MR) is 73.1 cm³/mol. The summed E-state index contributed by atoms with van der Waals surface area (Å²) in [6, 6.07) is 1.49. The Morgan fingerprint density at radius 2 is 1.73 bits per heavy atom. The zero-order valence-electron chi connectivity index (χ0n) is 9.96. The third kappa shape index (κ3) is 2.18. The van der Waals surface area contributed by atoms with E-state index in [0.29, 0.717) is 3.55 Å². The molecule has 0 aromatic carbocycles. The van der Waals surface area contributed by atoms with Crippen molar-refractivity contribution in [2.75, 3.05) is 13.1 Å². The fraction of sp³-hybridized carbons (Fsp3) is 0.833. The van der Waals surface area contributed by atoms with Crippen molar-refractivity contribution in [2.45, 2.75) is 49.2 Å². The number of alkyl halides is 1. The van der Waals surface area contributed by atoms with E-state index in [1.165, 1.54) is 31.6 Å². The second-order valence-corrected chi connectivity index (χ2v) is 7.98. The molecule has 2 aliphatic heterocycles. The zero-order chi connectivity index (χ0) is 11.2. The third-order valence-corrected chi connectivity index (χ3v) is 4.19. The number of hydrogen-bond donors (Lipinski definition) is 0. The van der Waals surface area contributed by atoms with Gasteiger partial charge in [-0.1, -0.05) is 29.2 Å². The lowest BCUT2D eigenvalue weighted by Gasteiger charge is -2.47. The van der Waals surface area contributed by atoms with Gasteiger partial charge in [0.05, 0.1) is 3.55 Å². The summed E-state index contributed by atoms with van der Waals surface area (Å²) in [5, 5.41) is 0. The molecule has 0 radical (unpaired) electrons. The van der Waals surface area contributed by atoms with Crippen LogP contribution in [0.15, 0.2) is 12.3 Å². The number of rotatable bonds is 2. The van der Waals surface area contributed by atoms with Crippen molar-refractivity contribution in [3.63, 3.8) is 0 Å². The Morgan fingerprint density at radius 3 is 2.07 bits per heavy atom. The minimum Gasteiger partial charge on any atom is -0.372 e. The molecule has 0 amide bonds. The average molecular weight is 320 g/mol. The molecule has 2 unspecified atom stereocenters. The molecular formula is C12H21IN2. The van der Waals surface area contributed by atoms with Crippen molar-refractivity contribution in [3.8, 4) is 0 Å². The van der Waals surface area contributed by atoms with Gasteiger partial charge in [0.25, 0.3) is 0 Å². The Labute approximate surface area is 107 Å². The average Bonchev–Trinajstić information content (AvgIpc) is 2.37. The van der Waals surface area contributed by atoms with Gasteiger partial charge < -0.3 is 4.90 Å². The number of halogens is 1. The fourth-order valence-corrected chi connectivity index (χ4v) is 3.87. The van der Waals surface area contributed by atoms with E-state index in [2.05, 4.69) is 59.7 Å². The highest BCUT2D eigenvalue weighted by molar-refractivity contribution is 14.1. The van der Waals surface area contributed by atoms with E-state index in [4.69, 9.17) is 0 Å². The first-order valence-corrected chi connectivity index (χ1v) is 6.85. The second kappa shape index (κ2) is 3.91. The molecule has 2 heterocycles. The van der Waals surface area contributed by atoms with E-state index in [9.17, 15) is 0 Å². The van der Waals surface area contributed by atoms with Crippen LogP contribution >= 0.6 is 22.6 Å². The van der Waals surface area contributed by atoms with Crippen LogP contribution in [0.25, 0.3) is 0 Å². The number of nitrogens with zero attached hydrogens (tertiary/aromatic N) is 2. The van der Waals surface area contributed by atoms with E-state index < -0.39 is 0 Å². The Morgan fingerprint density at radius 1 is 1.27 bits per heavy atom. The zero-order valence-corrected chi connectivity index (χ0v) is 12.1. The van der Waals surface area contributed by atoms with Crippen LogP contribution in [0.2, 0.25) is 0 Å². The molecule has 2 saturated heterocycles. The smallest absolute Gasteiger partial charge is 0.0679 e. The van der Waals surface area contributed by atoms with Gasteiger partial charge in [-0.15, -0.1) is 0 Å². The molecule has 15 heavy (non-hydrogen) atoms. The number of allylic oxidation sites excluding steroid dienone is 1. The SMILES string of the molecule is C=C(C)N1CC2CCC(C1)N2C(C)(C)I. The van der Waals surface area contributed by atoms with E-state index in [1.54, 1.807) is 0 Å². The van der Waals surface area contributed by atoms with Crippen LogP contribution in [0.5, 0.6) is 0 Å². The molecule has 0 saturated carbocycles. The van der Waals surface area contributed by atoms with E-state index >= 15 is 0 Å². The molecule has 0 aromatic rings. The van der Waals surface area contributed by atoms with Crippen molar-refractivity contribution in [2.24, 2.45) is 0 Å². The molecule has 2 atom stereocenters. The summed E-state index contributed by atoms with van der Waals surface area (Å²) in [7, 11) is 0. The minimum atomic E-state index is 0.296. The summed E-state index contributed by atoms with van der Waals surface area (Å²) in [5.41, 5.74) is 1.23. The van der Waals surface area contributed by atoms with Gasteiger partial charge in [-0.3, -0.25) is 4.90 Å². The molecular weight excluding hydrogens is 299 g/mol. The molecule has 0 aliphatic carbocycles. The Hall–Kier alpha value is 0.230. The Balaban J connectivity index is 2.13. The van der Waals surface area contributed by atoms with Crippen LogP contribution in [0.1, 0.15) is 33.6 Å². The first-order valence-electron chi connectivity index (χ1n) is 5.77. The number of hydrogen-bond acceptors (Lipinski definition) is 2. The topological polar surface area (TPSA) is 6.48 Å². The summed E-state index contributed by atoms with van der Waals surface area (Å²) in [5.74, 6) is 0. The van der Waals surface area contributed by atoms with Gasteiger partial charge in [-0.05, 0) is 33.6 Å². The highest BCUT2D eigenvalue weighted by atomic mass is 127. The first-order chi connectivity index (χ1) is 6.89. The molecule has 0 spiro atoms. The van der Waals surface area contributed by atoms with Crippen molar-refractivity contribution in [3.05, 3.63) is 12.3 Å². The fourth-order valence-electron chi connectivity index (χ4n) is 3.08. The molecule has 2 bridgehead atoms. The standard InChI is InChI=1S/C12H21IN2/c1-9(2)14-7-10-5-6-11(8-14)15(10)12(3,4)13/h10-11H,1,5-8H2,2-4H3. The van der Waals surface area contributed by atoms with Gasteiger partial charge in [-0.2, -0.15) is 0 Å². The van der Waals surface area contributed by atoms with E-state index in [0.717, 1.165) is 12.1 Å². The van der Waals surface area contributed by atoms with Gasteiger partial charge in [0, 0.05) is 30.9 Å². The lowest BCUT2D eigenvalue weighted by atomic mass is 10.1. The monoisotopic (exact) mass is 320 g/mol. The van der Waals surface area contributed by atoms with Crippen molar-refractivity contribution >= 4 is 22.6 Å². The molecule has 86 valence electrons. The molecule has 0 N–H and O–H groups in total. The summed E-state index contributed by atoms with van der Waals surface area (Å²) in [4.78, 5) is 5.17. The molecule has 0 aromatic heterocycles. The molecule has 2 nitrogen and oxygen atoms in total. The van der Waals surface area contributed by atoms with Gasteiger partial charge in [0.2, 0.25) is 0 Å². The highest BCUT2D eigenvalue weighted by Gasteiger charge is 2.45.